The molecule has 2 heterocycles. The molecule has 0 saturated carbocycles. The third-order valence-corrected chi connectivity index (χ3v) is 2.93. The maximum absolute atomic E-state index is 11.7. The fourth-order valence-electron chi connectivity index (χ4n) is 1.71. The zero-order chi connectivity index (χ0) is 11.5. The Morgan fingerprint density at radius 2 is 2.50 bits per heavy atom. The first-order valence-corrected chi connectivity index (χ1v) is 5.36. The minimum Gasteiger partial charge on any atom is -0.295 e. The van der Waals surface area contributed by atoms with E-state index in [2.05, 4.69) is 9.97 Å². The fourth-order valence-corrected chi connectivity index (χ4v) is 1.91. The van der Waals surface area contributed by atoms with Crippen LogP contribution in [0.25, 0.3) is 0 Å². The van der Waals surface area contributed by atoms with Gasteiger partial charge in [-0.1, -0.05) is 0 Å². The van der Waals surface area contributed by atoms with Gasteiger partial charge in [0, 0.05) is 18.8 Å². The lowest BCUT2D eigenvalue weighted by molar-refractivity contribution is -0.117. The van der Waals surface area contributed by atoms with Crippen molar-refractivity contribution >= 4 is 23.3 Å². The van der Waals surface area contributed by atoms with E-state index in [-0.39, 0.29) is 11.8 Å². The number of halogens is 1. The van der Waals surface area contributed by atoms with Gasteiger partial charge in [-0.2, -0.15) is 5.26 Å². The summed E-state index contributed by atoms with van der Waals surface area (Å²) in [6, 6.07) is 1.97. The Hall–Kier alpha value is -1.67. The molecule has 1 saturated heterocycles. The van der Waals surface area contributed by atoms with Crippen LogP contribution >= 0.6 is 11.6 Å². The first-order valence-electron chi connectivity index (χ1n) is 4.82. The van der Waals surface area contributed by atoms with Crippen LogP contribution in [0.4, 0.5) is 5.82 Å². The number of anilines is 1. The van der Waals surface area contributed by atoms with Crippen LogP contribution in [0.15, 0.2) is 12.5 Å². The van der Waals surface area contributed by atoms with Gasteiger partial charge >= 0.3 is 0 Å². The van der Waals surface area contributed by atoms with E-state index in [0.29, 0.717) is 30.2 Å². The number of hydrogen-bond donors (Lipinski definition) is 0. The number of nitriles is 1. The number of nitrogens with zero attached hydrogens (tertiary/aromatic N) is 4. The second-order valence-corrected chi connectivity index (χ2v) is 3.91. The molecule has 0 aromatic carbocycles. The van der Waals surface area contributed by atoms with E-state index in [1.165, 1.54) is 17.4 Å². The van der Waals surface area contributed by atoms with Crippen molar-refractivity contribution in [2.75, 3.05) is 17.3 Å². The smallest absolute Gasteiger partial charge is 0.228 e. The first kappa shape index (κ1) is 10.8. The van der Waals surface area contributed by atoms with Crippen molar-refractivity contribution in [1.82, 2.24) is 9.97 Å². The molecule has 2 rings (SSSR count). The Morgan fingerprint density at radius 3 is 3.12 bits per heavy atom. The van der Waals surface area contributed by atoms with Gasteiger partial charge in [0.05, 0.1) is 6.20 Å². The van der Waals surface area contributed by atoms with E-state index >= 15 is 0 Å². The molecular weight excluding hydrogens is 228 g/mol. The molecule has 1 aliphatic heterocycles. The van der Waals surface area contributed by atoms with Crippen molar-refractivity contribution in [1.29, 1.82) is 5.26 Å². The fraction of sp³-hybridized carbons (Fsp3) is 0.400. The molecule has 16 heavy (non-hydrogen) atoms. The van der Waals surface area contributed by atoms with Crippen molar-refractivity contribution in [2.24, 2.45) is 5.92 Å². The molecule has 5 nitrogen and oxygen atoms in total. The van der Waals surface area contributed by atoms with Crippen LogP contribution in [0, 0.1) is 17.2 Å². The second kappa shape index (κ2) is 4.45. The van der Waals surface area contributed by atoms with Crippen molar-refractivity contribution in [3.05, 3.63) is 18.1 Å². The van der Waals surface area contributed by atoms with Gasteiger partial charge in [-0.15, -0.1) is 11.6 Å². The predicted molar refractivity (Wildman–Crippen MR) is 57.9 cm³/mol. The summed E-state index contributed by atoms with van der Waals surface area (Å²) in [5.41, 5.74) is 0.311. The lowest BCUT2D eigenvalue weighted by Gasteiger charge is -2.15. The molecule has 0 aliphatic carbocycles. The summed E-state index contributed by atoms with van der Waals surface area (Å²) < 4.78 is 0. The van der Waals surface area contributed by atoms with E-state index in [1.807, 2.05) is 6.07 Å². The maximum atomic E-state index is 11.7. The SMILES string of the molecule is N#Cc1cncnc1N1CC(CCl)CC1=O. The Morgan fingerprint density at radius 1 is 1.69 bits per heavy atom. The van der Waals surface area contributed by atoms with Gasteiger partial charge in [-0.3, -0.25) is 9.69 Å². The van der Waals surface area contributed by atoms with E-state index in [0.717, 1.165) is 0 Å². The topological polar surface area (TPSA) is 69.9 Å². The second-order valence-electron chi connectivity index (χ2n) is 3.60. The van der Waals surface area contributed by atoms with Gasteiger partial charge in [0.15, 0.2) is 5.82 Å². The van der Waals surface area contributed by atoms with Crippen LogP contribution < -0.4 is 4.90 Å². The molecule has 1 amide bonds. The van der Waals surface area contributed by atoms with Crippen LogP contribution in [0.2, 0.25) is 0 Å². The van der Waals surface area contributed by atoms with Crippen molar-refractivity contribution in [3.63, 3.8) is 0 Å². The Bertz CT molecular complexity index is 456. The molecule has 1 aliphatic rings. The van der Waals surface area contributed by atoms with Gasteiger partial charge in [0.2, 0.25) is 5.91 Å². The Balaban J connectivity index is 2.32. The molecule has 6 heteroatoms. The van der Waals surface area contributed by atoms with Gasteiger partial charge in [-0.25, -0.2) is 9.97 Å². The van der Waals surface area contributed by atoms with Gasteiger partial charge < -0.3 is 0 Å². The quantitative estimate of drug-likeness (QED) is 0.717. The summed E-state index contributed by atoms with van der Waals surface area (Å²) in [6.45, 7) is 0.522. The van der Waals surface area contributed by atoms with E-state index < -0.39 is 0 Å². The molecule has 82 valence electrons. The maximum Gasteiger partial charge on any atom is 0.228 e. The monoisotopic (exact) mass is 236 g/mol. The van der Waals surface area contributed by atoms with Crippen LogP contribution in [-0.4, -0.2) is 28.3 Å². The van der Waals surface area contributed by atoms with Gasteiger partial charge in [-0.05, 0) is 5.92 Å². The highest BCUT2D eigenvalue weighted by molar-refractivity contribution is 6.18. The van der Waals surface area contributed by atoms with Crippen LogP contribution in [0.3, 0.4) is 0 Å². The summed E-state index contributed by atoms with van der Waals surface area (Å²) in [5.74, 6) is 0.918. The first-order chi connectivity index (χ1) is 7.76. The molecule has 1 fully saturated rings. The van der Waals surface area contributed by atoms with Crippen LogP contribution in [-0.2, 0) is 4.79 Å². The number of aromatic nitrogens is 2. The third-order valence-electron chi connectivity index (χ3n) is 2.49. The molecule has 1 unspecified atom stereocenters. The Labute approximate surface area is 97.7 Å². The lowest BCUT2D eigenvalue weighted by atomic mass is 10.1. The summed E-state index contributed by atoms with van der Waals surface area (Å²) in [6.07, 6.45) is 3.15. The number of rotatable bonds is 2. The van der Waals surface area contributed by atoms with E-state index in [1.54, 1.807) is 0 Å². The van der Waals surface area contributed by atoms with Crippen LogP contribution in [0.5, 0.6) is 0 Å². The highest BCUT2D eigenvalue weighted by atomic mass is 35.5. The number of hydrogen-bond acceptors (Lipinski definition) is 4. The largest absolute Gasteiger partial charge is 0.295 e. The summed E-state index contributed by atoms with van der Waals surface area (Å²) in [4.78, 5) is 21.0. The molecular formula is C10H9ClN4O. The number of alkyl halides is 1. The highest BCUT2D eigenvalue weighted by Crippen LogP contribution is 2.25. The highest BCUT2D eigenvalue weighted by Gasteiger charge is 2.32. The molecule has 0 N–H and O–H groups in total. The summed E-state index contributed by atoms with van der Waals surface area (Å²) >= 11 is 5.72. The molecule has 1 atom stereocenters. The van der Waals surface area contributed by atoms with Crippen molar-refractivity contribution in [2.45, 2.75) is 6.42 Å². The predicted octanol–water partition coefficient (Wildman–Crippen LogP) is 0.940. The van der Waals surface area contributed by atoms with Gasteiger partial charge in [0.25, 0.3) is 0 Å². The average Bonchev–Trinajstić information content (AvgIpc) is 2.70. The van der Waals surface area contributed by atoms with Crippen molar-refractivity contribution in [3.8, 4) is 6.07 Å². The van der Waals surface area contributed by atoms with E-state index in [4.69, 9.17) is 16.9 Å². The lowest BCUT2D eigenvalue weighted by Crippen LogP contribution is -2.26. The Kier molecular flexibility index (Phi) is 3.02. The zero-order valence-corrected chi connectivity index (χ0v) is 9.18. The number of carbonyl (C=O) groups is 1. The number of amides is 1. The molecule has 0 radical (unpaired) electrons. The summed E-state index contributed by atoms with van der Waals surface area (Å²) in [5, 5.41) is 8.89. The summed E-state index contributed by atoms with van der Waals surface area (Å²) in [7, 11) is 0. The molecule has 1 aromatic heterocycles. The van der Waals surface area contributed by atoms with Crippen LogP contribution in [0.1, 0.15) is 12.0 Å². The standard InChI is InChI=1S/C10H9ClN4O/c11-2-7-1-9(16)15(5-7)10-8(3-12)4-13-6-14-10/h4,6-7H,1-2,5H2. The van der Waals surface area contributed by atoms with E-state index in [9.17, 15) is 4.79 Å². The minimum absolute atomic E-state index is 0.0409. The average molecular weight is 237 g/mol. The third kappa shape index (κ3) is 1.84. The molecule has 0 spiro atoms. The molecule has 0 bridgehead atoms. The minimum atomic E-state index is -0.0409. The normalized spacial score (nSPS) is 19.9. The number of carbonyl (C=O) groups excluding carboxylic acids is 1. The zero-order valence-electron chi connectivity index (χ0n) is 8.43. The van der Waals surface area contributed by atoms with Gasteiger partial charge in [0.1, 0.15) is 18.0 Å². The molecule has 1 aromatic rings. The van der Waals surface area contributed by atoms with Crippen molar-refractivity contribution < 1.29 is 4.79 Å².